The fraction of sp³-hybridized carbons (Fsp3) is 0.526. The third-order valence-corrected chi connectivity index (χ3v) is 5.62. The Morgan fingerprint density at radius 3 is 2.56 bits per heavy atom. The van der Waals surface area contributed by atoms with E-state index in [2.05, 4.69) is 9.89 Å². The van der Waals surface area contributed by atoms with E-state index in [-0.39, 0.29) is 11.7 Å². The molecule has 132 valence electrons. The SMILES string of the molecule is NC1=NC2(CCCCC2)N(c2cccc3c2CCCCC3=O)C(N)=N1. The van der Waals surface area contributed by atoms with Crippen molar-refractivity contribution in [2.24, 2.45) is 21.5 Å². The van der Waals surface area contributed by atoms with E-state index < -0.39 is 5.66 Å². The topological polar surface area (TPSA) is 97.1 Å². The molecule has 0 aromatic heterocycles. The third-order valence-electron chi connectivity index (χ3n) is 5.62. The molecule has 6 nitrogen and oxygen atoms in total. The minimum Gasteiger partial charge on any atom is -0.369 e. The van der Waals surface area contributed by atoms with Crippen molar-refractivity contribution in [2.75, 3.05) is 4.90 Å². The van der Waals surface area contributed by atoms with Gasteiger partial charge in [-0.2, -0.15) is 4.99 Å². The number of carbonyl (C=O) groups excluding carboxylic acids is 1. The van der Waals surface area contributed by atoms with Crippen LogP contribution in [0.2, 0.25) is 0 Å². The Balaban J connectivity index is 1.86. The number of fused-ring (bicyclic) bond motifs is 1. The average molecular weight is 339 g/mol. The Morgan fingerprint density at radius 2 is 1.76 bits per heavy atom. The summed E-state index contributed by atoms with van der Waals surface area (Å²) in [6, 6.07) is 5.94. The first-order chi connectivity index (χ1) is 12.1. The van der Waals surface area contributed by atoms with Gasteiger partial charge in [-0.3, -0.25) is 9.69 Å². The van der Waals surface area contributed by atoms with Crippen LogP contribution in [0, 0.1) is 0 Å². The maximum Gasteiger partial charge on any atom is 0.220 e. The highest BCUT2D eigenvalue weighted by molar-refractivity contribution is 6.07. The van der Waals surface area contributed by atoms with E-state index in [1.807, 2.05) is 18.2 Å². The number of guanidine groups is 2. The number of aliphatic imine (C=N–C) groups is 2. The monoisotopic (exact) mass is 339 g/mol. The number of rotatable bonds is 1. The molecule has 2 aliphatic carbocycles. The number of nitrogens with two attached hydrogens (primary N) is 2. The summed E-state index contributed by atoms with van der Waals surface area (Å²) in [4.78, 5) is 23.6. The molecule has 0 saturated heterocycles. The smallest absolute Gasteiger partial charge is 0.220 e. The Bertz CT molecular complexity index is 761. The predicted molar refractivity (Wildman–Crippen MR) is 99.9 cm³/mol. The molecule has 1 aromatic rings. The molecule has 0 atom stereocenters. The summed E-state index contributed by atoms with van der Waals surface area (Å²) >= 11 is 0. The molecule has 1 aliphatic heterocycles. The van der Waals surface area contributed by atoms with Crippen LogP contribution in [-0.2, 0) is 6.42 Å². The third kappa shape index (κ3) is 2.69. The Labute approximate surface area is 148 Å². The second kappa shape index (κ2) is 6.17. The molecule has 4 rings (SSSR count). The highest BCUT2D eigenvalue weighted by atomic mass is 16.1. The second-order valence-corrected chi connectivity index (χ2v) is 7.25. The molecule has 0 amide bonds. The number of Topliss-reactive ketones (excluding diaryl/α,β-unsaturated/α-hetero) is 1. The van der Waals surface area contributed by atoms with Gasteiger partial charge in [0.1, 0.15) is 5.66 Å². The Kier molecular flexibility index (Phi) is 3.98. The lowest BCUT2D eigenvalue weighted by Crippen LogP contribution is -2.58. The first-order valence-corrected chi connectivity index (χ1v) is 9.25. The van der Waals surface area contributed by atoms with Crippen molar-refractivity contribution >= 4 is 23.4 Å². The lowest BCUT2D eigenvalue weighted by Gasteiger charge is -2.46. The zero-order valence-electron chi connectivity index (χ0n) is 14.5. The molecule has 1 saturated carbocycles. The Hall–Kier alpha value is -2.37. The first kappa shape index (κ1) is 16.1. The molecule has 1 heterocycles. The summed E-state index contributed by atoms with van der Waals surface area (Å²) in [5, 5.41) is 0. The lowest BCUT2D eigenvalue weighted by atomic mass is 9.86. The molecule has 0 bridgehead atoms. The van der Waals surface area contributed by atoms with E-state index in [0.717, 1.165) is 61.8 Å². The Morgan fingerprint density at radius 1 is 1.00 bits per heavy atom. The summed E-state index contributed by atoms with van der Waals surface area (Å²) in [5.74, 6) is 0.871. The number of ketones is 1. The summed E-state index contributed by atoms with van der Waals surface area (Å²) in [5.41, 5.74) is 14.7. The van der Waals surface area contributed by atoms with Gasteiger partial charge in [-0.1, -0.05) is 18.6 Å². The van der Waals surface area contributed by atoms with Gasteiger partial charge in [0.2, 0.25) is 11.9 Å². The number of hydrogen-bond donors (Lipinski definition) is 2. The largest absolute Gasteiger partial charge is 0.369 e. The van der Waals surface area contributed by atoms with E-state index in [4.69, 9.17) is 16.5 Å². The number of anilines is 1. The van der Waals surface area contributed by atoms with Crippen LogP contribution in [0.1, 0.15) is 67.3 Å². The lowest BCUT2D eigenvalue weighted by molar-refractivity contribution is 0.0982. The van der Waals surface area contributed by atoms with Crippen LogP contribution in [0.3, 0.4) is 0 Å². The van der Waals surface area contributed by atoms with Gasteiger partial charge in [-0.25, -0.2) is 4.99 Å². The van der Waals surface area contributed by atoms with Crippen LogP contribution in [-0.4, -0.2) is 23.4 Å². The maximum absolute atomic E-state index is 12.5. The molecule has 25 heavy (non-hydrogen) atoms. The minimum atomic E-state index is -0.460. The van der Waals surface area contributed by atoms with Gasteiger partial charge in [-0.05, 0) is 56.6 Å². The van der Waals surface area contributed by atoms with Crippen molar-refractivity contribution in [1.82, 2.24) is 0 Å². The van der Waals surface area contributed by atoms with Crippen molar-refractivity contribution in [3.63, 3.8) is 0 Å². The van der Waals surface area contributed by atoms with E-state index in [9.17, 15) is 4.79 Å². The molecular weight excluding hydrogens is 314 g/mol. The summed E-state index contributed by atoms with van der Waals surface area (Å²) in [7, 11) is 0. The quantitative estimate of drug-likeness (QED) is 0.769. The van der Waals surface area contributed by atoms with Crippen LogP contribution in [0.15, 0.2) is 28.2 Å². The number of benzene rings is 1. The van der Waals surface area contributed by atoms with Crippen LogP contribution >= 0.6 is 0 Å². The fourth-order valence-electron chi connectivity index (χ4n) is 4.50. The highest BCUT2D eigenvalue weighted by Crippen LogP contribution is 2.42. The molecule has 3 aliphatic rings. The normalized spacial score (nSPS) is 22.9. The summed E-state index contributed by atoms with van der Waals surface area (Å²) in [6.45, 7) is 0. The van der Waals surface area contributed by atoms with Gasteiger partial charge in [0.15, 0.2) is 5.78 Å². The molecular formula is C19H25N5O. The van der Waals surface area contributed by atoms with Crippen molar-refractivity contribution in [2.45, 2.75) is 63.5 Å². The zero-order chi connectivity index (χ0) is 17.4. The fourth-order valence-corrected chi connectivity index (χ4v) is 4.50. The molecule has 1 fully saturated rings. The van der Waals surface area contributed by atoms with Gasteiger partial charge in [0, 0.05) is 12.0 Å². The van der Waals surface area contributed by atoms with E-state index in [1.165, 1.54) is 6.42 Å². The average Bonchev–Trinajstić information content (AvgIpc) is 2.77. The molecule has 6 heteroatoms. The summed E-state index contributed by atoms with van der Waals surface area (Å²) < 4.78 is 0. The van der Waals surface area contributed by atoms with Gasteiger partial charge in [0.05, 0.1) is 5.69 Å². The predicted octanol–water partition coefficient (Wildman–Crippen LogP) is 2.71. The van der Waals surface area contributed by atoms with E-state index in [0.29, 0.717) is 12.4 Å². The van der Waals surface area contributed by atoms with Gasteiger partial charge in [-0.15, -0.1) is 0 Å². The van der Waals surface area contributed by atoms with Crippen LogP contribution < -0.4 is 16.4 Å². The van der Waals surface area contributed by atoms with Crippen molar-refractivity contribution in [1.29, 1.82) is 0 Å². The molecule has 1 aromatic carbocycles. The standard InChI is InChI=1S/C19H25N5O/c20-17-22-18(21)24(19(23-17)11-4-1-5-12-19)15-9-6-8-14-13(15)7-2-3-10-16(14)25/h6,8-9H,1-5,7,10-12H2,(H4,20,21,22,23). The molecule has 0 unspecified atom stereocenters. The molecule has 1 spiro atoms. The maximum atomic E-state index is 12.5. The number of nitrogens with zero attached hydrogens (tertiary/aromatic N) is 3. The van der Waals surface area contributed by atoms with Crippen molar-refractivity contribution in [3.8, 4) is 0 Å². The van der Waals surface area contributed by atoms with Gasteiger partial charge >= 0.3 is 0 Å². The first-order valence-electron chi connectivity index (χ1n) is 9.25. The molecule has 4 N–H and O–H groups in total. The highest BCUT2D eigenvalue weighted by Gasteiger charge is 2.43. The number of carbonyl (C=O) groups is 1. The summed E-state index contributed by atoms with van der Waals surface area (Å²) in [6.07, 6.45) is 8.65. The zero-order valence-corrected chi connectivity index (χ0v) is 14.5. The van der Waals surface area contributed by atoms with Gasteiger partial charge < -0.3 is 11.5 Å². The van der Waals surface area contributed by atoms with Crippen molar-refractivity contribution < 1.29 is 4.79 Å². The van der Waals surface area contributed by atoms with E-state index in [1.54, 1.807) is 0 Å². The number of hydrogen-bond acceptors (Lipinski definition) is 6. The van der Waals surface area contributed by atoms with Gasteiger partial charge in [0.25, 0.3) is 0 Å². The van der Waals surface area contributed by atoms with E-state index >= 15 is 0 Å². The van der Waals surface area contributed by atoms with Crippen LogP contribution in [0.25, 0.3) is 0 Å². The minimum absolute atomic E-state index is 0.225. The molecule has 0 radical (unpaired) electrons. The second-order valence-electron chi connectivity index (χ2n) is 7.25. The van der Waals surface area contributed by atoms with Crippen LogP contribution in [0.4, 0.5) is 5.69 Å². The van der Waals surface area contributed by atoms with Crippen molar-refractivity contribution in [3.05, 3.63) is 29.3 Å². The van der Waals surface area contributed by atoms with Crippen LogP contribution in [0.5, 0.6) is 0 Å².